The number of ether oxygens (including phenoxy) is 1. The van der Waals surface area contributed by atoms with Crippen LogP contribution in [0.5, 0.6) is 0 Å². The smallest absolute Gasteiger partial charge is 0.404 e. The van der Waals surface area contributed by atoms with Crippen LogP contribution in [0.1, 0.15) is 6.92 Å². The lowest BCUT2D eigenvalue weighted by Gasteiger charge is -1.89. The van der Waals surface area contributed by atoms with Crippen LogP contribution in [-0.2, 0) is 4.74 Å². The molecule has 0 aromatic carbocycles. The predicted octanol–water partition coefficient (Wildman–Crippen LogP) is 1.85. The molecule has 1 aromatic heterocycles. The second-order valence-corrected chi connectivity index (χ2v) is 2.36. The van der Waals surface area contributed by atoms with E-state index in [1.54, 1.807) is 18.3 Å². The minimum Gasteiger partial charge on any atom is -0.450 e. The molecule has 0 aliphatic heterocycles. The molecule has 0 atom stereocenters. The fourth-order valence-corrected chi connectivity index (χ4v) is 0.823. The number of primary amides is 1. The molecule has 1 aromatic rings. The van der Waals surface area contributed by atoms with Crippen LogP contribution in [0, 0.1) is 0 Å². The Bertz CT molecular complexity index is 157. The maximum atomic E-state index is 9.60. The number of rotatable bonds is 1. The van der Waals surface area contributed by atoms with E-state index in [0.717, 1.165) is 0 Å². The Balaban J connectivity index is 0.000000183. The summed E-state index contributed by atoms with van der Waals surface area (Å²) in [5.41, 5.74) is 4.54. The molecule has 0 radical (unpaired) electrons. The van der Waals surface area contributed by atoms with Crippen LogP contribution >= 0.6 is 11.3 Å². The quantitative estimate of drug-likeness (QED) is 0.704. The molecule has 0 aliphatic carbocycles. The molecule has 3 nitrogen and oxygen atoms in total. The number of hydrogen-bond donors (Lipinski definition) is 1. The third-order valence-corrected chi connectivity index (χ3v) is 1.34. The first kappa shape index (κ1) is 9.97. The number of thiophene rings is 1. The van der Waals surface area contributed by atoms with Gasteiger partial charge >= 0.3 is 6.09 Å². The van der Waals surface area contributed by atoms with Crippen LogP contribution in [0.25, 0.3) is 0 Å². The van der Waals surface area contributed by atoms with Gasteiger partial charge in [0.15, 0.2) is 0 Å². The van der Waals surface area contributed by atoms with E-state index in [9.17, 15) is 4.79 Å². The fraction of sp³-hybridized carbons (Fsp3) is 0.286. The molecule has 2 N–H and O–H groups in total. The second kappa shape index (κ2) is 7.08. The summed E-state index contributed by atoms with van der Waals surface area (Å²) in [5.74, 6) is 0. The van der Waals surface area contributed by atoms with Crippen molar-refractivity contribution in [3.8, 4) is 0 Å². The van der Waals surface area contributed by atoms with Gasteiger partial charge in [-0.15, -0.1) is 0 Å². The highest BCUT2D eigenvalue weighted by molar-refractivity contribution is 7.07. The highest BCUT2D eigenvalue weighted by Gasteiger charge is 1.82. The van der Waals surface area contributed by atoms with Gasteiger partial charge in [0.25, 0.3) is 0 Å². The van der Waals surface area contributed by atoms with Crippen molar-refractivity contribution >= 4 is 17.4 Å². The summed E-state index contributed by atoms with van der Waals surface area (Å²) in [7, 11) is 0. The summed E-state index contributed by atoms with van der Waals surface area (Å²) in [6.07, 6.45) is -0.711. The van der Waals surface area contributed by atoms with Gasteiger partial charge in [0, 0.05) is 0 Å². The van der Waals surface area contributed by atoms with Crippen LogP contribution in [0.4, 0.5) is 4.79 Å². The fourth-order valence-electron chi connectivity index (χ4n) is 0.369. The van der Waals surface area contributed by atoms with E-state index in [0.29, 0.717) is 6.61 Å². The first-order chi connectivity index (χ1) is 5.27. The molecule has 0 fully saturated rings. The molecule has 1 amide bonds. The van der Waals surface area contributed by atoms with E-state index in [-0.39, 0.29) is 0 Å². The number of carbonyl (C=O) groups is 1. The molecule has 0 unspecified atom stereocenters. The molecule has 4 heteroatoms. The summed E-state index contributed by atoms with van der Waals surface area (Å²) >= 11 is 1.71. The Kier molecular flexibility index (Phi) is 6.42. The zero-order valence-electron chi connectivity index (χ0n) is 6.32. The van der Waals surface area contributed by atoms with Crippen molar-refractivity contribution in [2.24, 2.45) is 5.73 Å². The topological polar surface area (TPSA) is 52.3 Å². The average molecular weight is 173 g/mol. The molecular weight excluding hydrogens is 162 g/mol. The molecule has 0 saturated heterocycles. The van der Waals surface area contributed by atoms with Crippen LogP contribution in [0.3, 0.4) is 0 Å². The molecule has 0 bridgehead atoms. The minimum atomic E-state index is -0.711. The van der Waals surface area contributed by atoms with Gasteiger partial charge in [-0.3, -0.25) is 0 Å². The second-order valence-electron chi connectivity index (χ2n) is 1.55. The van der Waals surface area contributed by atoms with Crippen molar-refractivity contribution in [3.63, 3.8) is 0 Å². The van der Waals surface area contributed by atoms with E-state index in [2.05, 4.69) is 10.5 Å². The van der Waals surface area contributed by atoms with Crippen LogP contribution in [-0.4, -0.2) is 12.7 Å². The molecule has 1 rings (SSSR count). The Hall–Kier alpha value is -1.03. The molecule has 1 heterocycles. The summed E-state index contributed by atoms with van der Waals surface area (Å²) in [6, 6.07) is 4.04. The summed E-state index contributed by atoms with van der Waals surface area (Å²) in [5, 5.41) is 4.08. The highest BCUT2D eigenvalue weighted by Crippen LogP contribution is 1.91. The summed E-state index contributed by atoms with van der Waals surface area (Å²) < 4.78 is 4.18. The Morgan fingerprint density at radius 1 is 1.55 bits per heavy atom. The predicted molar refractivity (Wildman–Crippen MR) is 45.5 cm³/mol. The average Bonchev–Trinajstić information content (AvgIpc) is 2.41. The van der Waals surface area contributed by atoms with Crippen LogP contribution in [0.15, 0.2) is 22.9 Å². The van der Waals surface area contributed by atoms with Gasteiger partial charge in [0.05, 0.1) is 6.61 Å². The number of nitrogens with two attached hydrogens (primary N) is 1. The first-order valence-electron chi connectivity index (χ1n) is 3.16. The maximum absolute atomic E-state index is 9.60. The minimum absolute atomic E-state index is 0.356. The zero-order chi connectivity index (χ0) is 8.53. The first-order valence-corrected chi connectivity index (χ1v) is 4.11. The highest BCUT2D eigenvalue weighted by atomic mass is 32.1. The maximum Gasteiger partial charge on any atom is 0.404 e. The normalized spacial score (nSPS) is 7.73. The summed E-state index contributed by atoms with van der Waals surface area (Å²) in [4.78, 5) is 9.60. The zero-order valence-corrected chi connectivity index (χ0v) is 7.14. The Labute approximate surface area is 69.8 Å². The number of amides is 1. The molecule has 62 valence electrons. The van der Waals surface area contributed by atoms with Crippen molar-refractivity contribution in [1.82, 2.24) is 0 Å². The summed E-state index contributed by atoms with van der Waals surface area (Å²) in [6.45, 7) is 2.06. The molecule has 0 aliphatic rings. The SMILES string of the molecule is CCOC(N)=O.c1ccsc1. The lowest BCUT2D eigenvalue weighted by molar-refractivity contribution is 0.163. The van der Waals surface area contributed by atoms with Crippen molar-refractivity contribution in [3.05, 3.63) is 22.9 Å². The van der Waals surface area contributed by atoms with E-state index >= 15 is 0 Å². The van der Waals surface area contributed by atoms with Crippen molar-refractivity contribution in [2.45, 2.75) is 6.92 Å². The van der Waals surface area contributed by atoms with Gasteiger partial charge in [0.2, 0.25) is 0 Å². The molecule has 0 saturated carbocycles. The van der Waals surface area contributed by atoms with Crippen molar-refractivity contribution < 1.29 is 9.53 Å². The van der Waals surface area contributed by atoms with E-state index in [1.807, 2.05) is 22.9 Å². The van der Waals surface area contributed by atoms with Crippen LogP contribution in [0.2, 0.25) is 0 Å². The van der Waals surface area contributed by atoms with Crippen molar-refractivity contribution in [2.75, 3.05) is 6.61 Å². The third-order valence-electron chi connectivity index (χ3n) is 0.712. The number of hydrogen-bond acceptors (Lipinski definition) is 3. The van der Waals surface area contributed by atoms with Crippen LogP contribution < -0.4 is 5.73 Å². The van der Waals surface area contributed by atoms with E-state index in [1.165, 1.54) is 0 Å². The van der Waals surface area contributed by atoms with Crippen molar-refractivity contribution in [1.29, 1.82) is 0 Å². The van der Waals surface area contributed by atoms with Gasteiger partial charge < -0.3 is 10.5 Å². The monoisotopic (exact) mass is 173 g/mol. The Morgan fingerprint density at radius 3 is 2.18 bits per heavy atom. The lowest BCUT2D eigenvalue weighted by atomic mass is 10.7. The molecule has 0 spiro atoms. The van der Waals surface area contributed by atoms with Gasteiger partial charge in [0.1, 0.15) is 0 Å². The number of carbonyl (C=O) groups excluding carboxylic acids is 1. The van der Waals surface area contributed by atoms with Gasteiger partial charge in [-0.25, -0.2) is 4.79 Å². The van der Waals surface area contributed by atoms with Gasteiger partial charge in [-0.05, 0) is 17.7 Å². The van der Waals surface area contributed by atoms with E-state index < -0.39 is 6.09 Å². The standard InChI is InChI=1S/C4H4S.C3H7NO2/c1-2-4-5-3-1;1-2-6-3(4)5/h1-4H;2H2,1H3,(H2,4,5). The molecular formula is C7H11NO2S. The van der Waals surface area contributed by atoms with E-state index in [4.69, 9.17) is 0 Å². The van der Waals surface area contributed by atoms with Gasteiger partial charge in [-0.1, -0.05) is 12.1 Å². The largest absolute Gasteiger partial charge is 0.450 e. The third kappa shape index (κ3) is 8.97. The Morgan fingerprint density at radius 2 is 2.09 bits per heavy atom. The van der Waals surface area contributed by atoms with Gasteiger partial charge in [-0.2, -0.15) is 11.3 Å². The lowest BCUT2D eigenvalue weighted by Crippen LogP contribution is -2.11. The molecule has 11 heavy (non-hydrogen) atoms.